The molecular weight excluding hydrogens is 294 g/mol. The zero-order chi connectivity index (χ0) is 13.0. The molecule has 5 heteroatoms. The standard InChI is InChI=1S/C13H8BrN3O/c14-11-5-12(8-16-7-11)17-13(18)10-3-1-2-9(4-10)6-15/h1-5,7-8H,(H,17,18). The van der Waals surface area contributed by atoms with Gasteiger partial charge in [0.25, 0.3) is 5.91 Å². The molecule has 2 aromatic rings. The normalized spacial score (nSPS) is 9.56. The number of anilines is 1. The number of benzene rings is 1. The molecule has 0 unspecified atom stereocenters. The molecule has 18 heavy (non-hydrogen) atoms. The number of hydrogen-bond acceptors (Lipinski definition) is 3. The SMILES string of the molecule is N#Cc1cccc(C(=O)Nc2cncc(Br)c2)c1. The van der Waals surface area contributed by atoms with E-state index in [9.17, 15) is 4.79 Å². The second kappa shape index (κ2) is 5.43. The minimum absolute atomic E-state index is 0.271. The number of nitrogens with one attached hydrogen (secondary N) is 1. The van der Waals surface area contributed by atoms with Gasteiger partial charge in [-0.1, -0.05) is 6.07 Å². The average Bonchev–Trinajstić information content (AvgIpc) is 2.39. The minimum Gasteiger partial charge on any atom is -0.321 e. The molecule has 0 fully saturated rings. The van der Waals surface area contributed by atoms with E-state index in [1.54, 1.807) is 42.7 Å². The lowest BCUT2D eigenvalue weighted by atomic mass is 10.1. The fourth-order valence-electron chi connectivity index (χ4n) is 1.41. The van der Waals surface area contributed by atoms with Gasteiger partial charge in [-0.15, -0.1) is 0 Å². The summed E-state index contributed by atoms with van der Waals surface area (Å²) in [5.41, 5.74) is 1.49. The van der Waals surface area contributed by atoms with Crippen LogP contribution in [0, 0.1) is 11.3 Å². The second-order valence-electron chi connectivity index (χ2n) is 3.54. The van der Waals surface area contributed by atoms with E-state index in [0.29, 0.717) is 16.8 Å². The summed E-state index contributed by atoms with van der Waals surface area (Å²) in [5.74, 6) is -0.271. The van der Waals surface area contributed by atoms with E-state index in [4.69, 9.17) is 5.26 Å². The van der Waals surface area contributed by atoms with Crippen molar-refractivity contribution in [2.75, 3.05) is 5.32 Å². The van der Waals surface area contributed by atoms with Gasteiger partial charge >= 0.3 is 0 Å². The number of carbonyl (C=O) groups excluding carboxylic acids is 1. The first-order valence-corrected chi connectivity index (χ1v) is 5.90. The molecule has 1 amide bonds. The fourth-order valence-corrected chi connectivity index (χ4v) is 1.78. The van der Waals surface area contributed by atoms with Crippen molar-refractivity contribution in [1.82, 2.24) is 4.98 Å². The molecule has 1 aromatic heterocycles. The summed E-state index contributed by atoms with van der Waals surface area (Å²) in [4.78, 5) is 15.9. The Balaban J connectivity index is 2.20. The van der Waals surface area contributed by atoms with Crippen molar-refractivity contribution in [2.24, 2.45) is 0 Å². The smallest absolute Gasteiger partial charge is 0.255 e. The van der Waals surface area contributed by atoms with Crippen molar-refractivity contribution in [1.29, 1.82) is 5.26 Å². The largest absolute Gasteiger partial charge is 0.321 e. The van der Waals surface area contributed by atoms with Crippen LogP contribution in [-0.4, -0.2) is 10.9 Å². The van der Waals surface area contributed by atoms with Gasteiger partial charge in [-0.25, -0.2) is 0 Å². The van der Waals surface area contributed by atoms with Gasteiger partial charge in [0.15, 0.2) is 0 Å². The van der Waals surface area contributed by atoms with E-state index >= 15 is 0 Å². The third-order valence-electron chi connectivity index (χ3n) is 2.22. The summed E-state index contributed by atoms with van der Waals surface area (Å²) in [6.07, 6.45) is 3.18. The van der Waals surface area contributed by atoms with Crippen molar-refractivity contribution < 1.29 is 4.79 Å². The molecule has 0 saturated heterocycles. The molecular formula is C13H8BrN3O. The molecule has 0 bridgehead atoms. The lowest BCUT2D eigenvalue weighted by Crippen LogP contribution is -2.12. The number of hydrogen-bond donors (Lipinski definition) is 1. The Morgan fingerprint density at radius 2 is 2.17 bits per heavy atom. The van der Waals surface area contributed by atoms with Gasteiger partial charge in [-0.3, -0.25) is 9.78 Å². The quantitative estimate of drug-likeness (QED) is 0.927. The number of carbonyl (C=O) groups is 1. The van der Waals surface area contributed by atoms with Crippen LogP contribution in [0.5, 0.6) is 0 Å². The minimum atomic E-state index is -0.271. The van der Waals surface area contributed by atoms with E-state index in [2.05, 4.69) is 26.2 Å². The van der Waals surface area contributed by atoms with Crippen LogP contribution >= 0.6 is 15.9 Å². The molecule has 0 radical (unpaired) electrons. The molecule has 2 rings (SSSR count). The lowest BCUT2D eigenvalue weighted by Gasteiger charge is -2.05. The summed E-state index contributed by atoms with van der Waals surface area (Å²) >= 11 is 3.27. The molecule has 1 heterocycles. The molecule has 0 spiro atoms. The first-order valence-electron chi connectivity index (χ1n) is 5.11. The molecule has 88 valence electrons. The first kappa shape index (κ1) is 12.3. The number of halogens is 1. The fraction of sp³-hybridized carbons (Fsp3) is 0. The predicted octanol–water partition coefficient (Wildman–Crippen LogP) is 2.97. The zero-order valence-electron chi connectivity index (χ0n) is 9.22. The highest BCUT2D eigenvalue weighted by atomic mass is 79.9. The highest BCUT2D eigenvalue weighted by molar-refractivity contribution is 9.10. The average molecular weight is 302 g/mol. The van der Waals surface area contributed by atoms with Crippen LogP contribution < -0.4 is 5.32 Å². The van der Waals surface area contributed by atoms with E-state index in [1.165, 1.54) is 0 Å². The topological polar surface area (TPSA) is 65.8 Å². The first-order chi connectivity index (χ1) is 8.69. The number of nitrogens with zero attached hydrogens (tertiary/aromatic N) is 2. The highest BCUT2D eigenvalue weighted by Gasteiger charge is 2.07. The lowest BCUT2D eigenvalue weighted by molar-refractivity contribution is 0.102. The van der Waals surface area contributed by atoms with Crippen molar-refractivity contribution in [3.05, 3.63) is 58.3 Å². The van der Waals surface area contributed by atoms with E-state index in [1.807, 2.05) is 6.07 Å². The zero-order valence-corrected chi connectivity index (χ0v) is 10.8. The van der Waals surface area contributed by atoms with Crippen molar-refractivity contribution in [2.45, 2.75) is 0 Å². The van der Waals surface area contributed by atoms with Crippen LogP contribution in [0.4, 0.5) is 5.69 Å². The van der Waals surface area contributed by atoms with Crippen LogP contribution in [0.1, 0.15) is 15.9 Å². The molecule has 0 saturated carbocycles. The van der Waals surface area contributed by atoms with Crippen molar-refractivity contribution in [3.8, 4) is 6.07 Å². The summed E-state index contributed by atoms with van der Waals surface area (Å²) in [5, 5.41) is 11.5. The van der Waals surface area contributed by atoms with Crippen LogP contribution in [0.3, 0.4) is 0 Å². The van der Waals surface area contributed by atoms with Gasteiger partial charge in [-0.05, 0) is 40.2 Å². The van der Waals surface area contributed by atoms with Crippen LogP contribution in [-0.2, 0) is 0 Å². The number of pyridine rings is 1. The van der Waals surface area contributed by atoms with Gasteiger partial charge in [-0.2, -0.15) is 5.26 Å². The number of aromatic nitrogens is 1. The third kappa shape index (κ3) is 2.93. The second-order valence-corrected chi connectivity index (χ2v) is 4.45. The Bertz CT molecular complexity index is 634. The summed E-state index contributed by atoms with van der Waals surface area (Å²) in [6, 6.07) is 10.3. The van der Waals surface area contributed by atoms with E-state index < -0.39 is 0 Å². The Morgan fingerprint density at radius 3 is 2.89 bits per heavy atom. The molecule has 0 atom stereocenters. The Hall–Kier alpha value is -2.19. The Morgan fingerprint density at radius 1 is 1.33 bits per heavy atom. The molecule has 1 aromatic carbocycles. The van der Waals surface area contributed by atoms with Crippen LogP contribution in [0.25, 0.3) is 0 Å². The van der Waals surface area contributed by atoms with Gasteiger partial charge in [0.1, 0.15) is 0 Å². The Labute approximate surface area is 112 Å². The number of rotatable bonds is 2. The maximum Gasteiger partial charge on any atom is 0.255 e. The summed E-state index contributed by atoms with van der Waals surface area (Å²) in [6.45, 7) is 0. The van der Waals surface area contributed by atoms with Gasteiger partial charge in [0.2, 0.25) is 0 Å². The maximum atomic E-state index is 11.9. The molecule has 1 N–H and O–H groups in total. The van der Waals surface area contributed by atoms with Gasteiger partial charge in [0.05, 0.1) is 23.5 Å². The van der Waals surface area contributed by atoms with E-state index in [0.717, 1.165) is 4.47 Å². The van der Waals surface area contributed by atoms with Crippen LogP contribution in [0.15, 0.2) is 47.2 Å². The van der Waals surface area contributed by atoms with Crippen molar-refractivity contribution in [3.63, 3.8) is 0 Å². The molecule has 0 aliphatic heterocycles. The molecule has 0 aliphatic carbocycles. The van der Waals surface area contributed by atoms with E-state index in [-0.39, 0.29) is 5.91 Å². The summed E-state index contributed by atoms with van der Waals surface area (Å²) < 4.78 is 0.783. The predicted molar refractivity (Wildman–Crippen MR) is 71.0 cm³/mol. The number of nitriles is 1. The summed E-state index contributed by atoms with van der Waals surface area (Å²) in [7, 11) is 0. The number of amides is 1. The monoisotopic (exact) mass is 301 g/mol. The maximum absolute atomic E-state index is 11.9. The van der Waals surface area contributed by atoms with Crippen molar-refractivity contribution >= 4 is 27.5 Å². The molecule has 4 nitrogen and oxygen atoms in total. The Kier molecular flexibility index (Phi) is 3.70. The van der Waals surface area contributed by atoms with Gasteiger partial charge in [0, 0.05) is 16.2 Å². The molecule has 0 aliphatic rings. The van der Waals surface area contributed by atoms with Gasteiger partial charge < -0.3 is 5.32 Å². The van der Waals surface area contributed by atoms with Crippen LogP contribution in [0.2, 0.25) is 0 Å². The third-order valence-corrected chi connectivity index (χ3v) is 2.65. The highest BCUT2D eigenvalue weighted by Crippen LogP contribution is 2.15.